The van der Waals surface area contributed by atoms with Crippen molar-refractivity contribution in [2.24, 2.45) is 34.5 Å². The van der Waals surface area contributed by atoms with Gasteiger partial charge in [0.25, 0.3) is 0 Å². The van der Waals surface area contributed by atoms with Gasteiger partial charge in [-0.1, -0.05) is 20.4 Å². The van der Waals surface area contributed by atoms with E-state index in [1.807, 2.05) is 0 Å². The quantitative estimate of drug-likeness (QED) is 0.476. The predicted octanol–water partition coefficient (Wildman–Crippen LogP) is 5.48. The molecule has 7 atom stereocenters. The Bertz CT molecular complexity index is 681. The highest BCUT2D eigenvalue weighted by Crippen LogP contribution is 2.68. The molecular weight excluding hydrogens is 336 g/mol. The topological polar surface area (TPSA) is 43.4 Å². The fourth-order valence-corrected chi connectivity index (χ4v) is 7.73. The Kier molecular flexibility index (Phi) is 4.40. The zero-order chi connectivity index (χ0) is 19.6. The monoisotopic (exact) mass is 372 g/mol. The van der Waals surface area contributed by atoms with Gasteiger partial charge in [0.15, 0.2) is 0 Å². The molecule has 0 aromatic rings. The van der Waals surface area contributed by atoms with Crippen molar-refractivity contribution < 1.29 is 14.3 Å². The van der Waals surface area contributed by atoms with E-state index in [4.69, 9.17) is 4.74 Å². The average Bonchev–Trinajstić information content (AvgIpc) is 2.86. The maximum Gasteiger partial charge on any atom is 0.333 e. The molecule has 0 bridgehead atoms. The molecule has 4 fully saturated rings. The van der Waals surface area contributed by atoms with Gasteiger partial charge in [-0.05, 0) is 87.9 Å². The molecule has 4 rings (SSSR count). The predicted molar refractivity (Wildman–Crippen MR) is 106 cm³/mol. The lowest BCUT2D eigenvalue weighted by atomic mass is 9.44. The summed E-state index contributed by atoms with van der Waals surface area (Å²) in [6.07, 6.45) is 9.63. The van der Waals surface area contributed by atoms with Crippen LogP contribution < -0.4 is 0 Å². The smallest absolute Gasteiger partial charge is 0.333 e. The summed E-state index contributed by atoms with van der Waals surface area (Å²) in [5, 5.41) is 0. The first-order valence-electron chi connectivity index (χ1n) is 11.0. The first kappa shape index (κ1) is 19.2. The largest absolute Gasteiger partial charge is 0.455 e. The number of hydrogen-bond acceptors (Lipinski definition) is 3. The van der Waals surface area contributed by atoms with E-state index in [0.29, 0.717) is 28.6 Å². The standard InChI is InChI=1S/C24H36O3/c1-15(2)21(26)27-24(5)13-10-20-18-7-6-16-14-17(25)8-11-22(16,3)19(18)9-12-23(20,24)4/h16,18-20H,1,6-14H2,2-5H3/t16?,18?,19-,20-,22-,23-,24?/m0/s1. The Morgan fingerprint density at radius 2 is 1.74 bits per heavy atom. The van der Waals surface area contributed by atoms with Gasteiger partial charge in [0.2, 0.25) is 0 Å². The highest BCUT2D eigenvalue weighted by molar-refractivity contribution is 5.87. The summed E-state index contributed by atoms with van der Waals surface area (Å²) < 4.78 is 6.08. The average molecular weight is 373 g/mol. The maximum absolute atomic E-state index is 12.3. The summed E-state index contributed by atoms with van der Waals surface area (Å²) in [5.41, 5.74) is 0.522. The van der Waals surface area contributed by atoms with Crippen LogP contribution in [-0.4, -0.2) is 17.4 Å². The van der Waals surface area contributed by atoms with Crippen LogP contribution in [0.4, 0.5) is 0 Å². The lowest BCUT2D eigenvalue weighted by molar-refractivity contribution is -0.181. The minimum atomic E-state index is -0.376. The number of carbonyl (C=O) groups excluding carboxylic acids is 2. The van der Waals surface area contributed by atoms with E-state index in [-0.39, 0.29) is 17.0 Å². The summed E-state index contributed by atoms with van der Waals surface area (Å²) in [6.45, 7) is 12.6. The molecule has 150 valence electrons. The van der Waals surface area contributed by atoms with Crippen LogP contribution in [0.1, 0.15) is 85.5 Å². The van der Waals surface area contributed by atoms with Crippen LogP contribution >= 0.6 is 0 Å². The summed E-state index contributed by atoms with van der Waals surface area (Å²) in [5.74, 6) is 2.94. The van der Waals surface area contributed by atoms with Gasteiger partial charge in [-0.15, -0.1) is 0 Å². The number of carbonyl (C=O) groups is 2. The van der Waals surface area contributed by atoms with Crippen molar-refractivity contribution in [3.05, 3.63) is 12.2 Å². The molecule has 0 amide bonds. The zero-order valence-corrected chi connectivity index (χ0v) is 17.6. The molecule has 3 nitrogen and oxygen atoms in total. The van der Waals surface area contributed by atoms with Crippen molar-refractivity contribution in [3.63, 3.8) is 0 Å². The van der Waals surface area contributed by atoms with Gasteiger partial charge >= 0.3 is 5.97 Å². The van der Waals surface area contributed by atoms with Crippen LogP contribution in [0.25, 0.3) is 0 Å². The minimum Gasteiger partial charge on any atom is -0.455 e. The highest BCUT2D eigenvalue weighted by Gasteiger charge is 2.64. The molecule has 0 radical (unpaired) electrons. The van der Waals surface area contributed by atoms with Crippen molar-refractivity contribution >= 4 is 11.8 Å². The Labute approximate surface area is 164 Å². The molecule has 3 heteroatoms. The van der Waals surface area contributed by atoms with E-state index in [0.717, 1.165) is 50.4 Å². The molecule has 3 unspecified atom stereocenters. The molecule has 0 spiro atoms. The summed E-state index contributed by atoms with van der Waals surface area (Å²) in [7, 11) is 0. The SMILES string of the molecule is C=C(C)C(=O)OC1(C)CC[C@H]2C3CCC4CC(=O)CC[C@]4(C)[C@H]3CC[C@@]21C. The van der Waals surface area contributed by atoms with Crippen molar-refractivity contribution in [3.8, 4) is 0 Å². The van der Waals surface area contributed by atoms with Gasteiger partial charge in [0, 0.05) is 23.8 Å². The summed E-state index contributed by atoms with van der Waals surface area (Å²) >= 11 is 0. The Morgan fingerprint density at radius 3 is 2.44 bits per heavy atom. The van der Waals surface area contributed by atoms with E-state index >= 15 is 0 Å². The van der Waals surface area contributed by atoms with Gasteiger partial charge in [-0.2, -0.15) is 0 Å². The fraction of sp³-hybridized carbons (Fsp3) is 0.833. The van der Waals surface area contributed by atoms with Gasteiger partial charge in [0.1, 0.15) is 11.4 Å². The van der Waals surface area contributed by atoms with Crippen LogP contribution in [0.5, 0.6) is 0 Å². The van der Waals surface area contributed by atoms with Gasteiger partial charge in [-0.3, -0.25) is 4.79 Å². The van der Waals surface area contributed by atoms with Crippen LogP contribution in [0, 0.1) is 34.5 Å². The van der Waals surface area contributed by atoms with Crippen LogP contribution in [-0.2, 0) is 14.3 Å². The highest BCUT2D eigenvalue weighted by atomic mass is 16.6. The number of Topliss-reactive ketones (excluding diaryl/α,β-unsaturated/α-hetero) is 1. The number of esters is 1. The third kappa shape index (κ3) is 2.67. The van der Waals surface area contributed by atoms with Crippen molar-refractivity contribution in [1.82, 2.24) is 0 Å². The number of rotatable bonds is 2. The summed E-state index contributed by atoms with van der Waals surface area (Å²) in [6, 6.07) is 0. The zero-order valence-electron chi connectivity index (χ0n) is 17.6. The lowest BCUT2D eigenvalue weighted by Crippen LogP contribution is -2.56. The Balaban J connectivity index is 1.60. The van der Waals surface area contributed by atoms with E-state index in [1.165, 1.54) is 19.3 Å². The molecule has 0 aromatic heterocycles. The molecule has 0 aromatic carbocycles. The van der Waals surface area contributed by atoms with E-state index in [9.17, 15) is 9.59 Å². The van der Waals surface area contributed by atoms with Gasteiger partial charge < -0.3 is 4.74 Å². The lowest BCUT2D eigenvalue weighted by Gasteiger charge is -2.61. The van der Waals surface area contributed by atoms with Crippen molar-refractivity contribution in [2.45, 2.75) is 91.1 Å². The number of fused-ring (bicyclic) bond motifs is 5. The van der Waals surface area contributed by atoms with Crippen molar-refractivity contribution in [1.29, 1.82) is 0 Å². The molecule has 0 N–H and O–H groups in total. The van der Waals surface area contributed by atoms with Gasteiger partial charge in [-0.25, -0.2) is 4.79 Å². The van der Waals surface area contributed by atoms with Crippen molar-refractivity contribution in [2.75, 3.05) is 0 Å². The third-order valence-electron chi connectivity index (χ3n) is 9.68. The molecule has 4 aliphatic rings. The fourth-order valence-electron chi connectivity index (χ4n) is 7.73. The Morgan fingerprint density at radius 1 is 1.04 bits per heavy atom. The number of ketones is 1. The van der Waals surface area contributed by atoms with E-state index < -0.39 is 0 Å². The number of ether oxygens (including phenoxy) is 1. The molecule has 27 heavy (non-hydrogen) atoms. The van der Waals surface area contributed by atoms with Crippen LogP contribution in [0.3, 0.4) is 0 Å². The van der Waals surface area contributed by atoms with Gasteiger partial charge in [0.05, 0.1) is 0 Å². The van der Waals surface area contributed by atoms with Crippen LogP contribution in [0.15, 0.2) is 12.2 Å². The van der Waals surface area contributed by atoms with E-state index in [2.05, 4.69) is 27.4 Å². The first-order chi connectivity index (χ1) is 12.6. The number of hydrogen-bond donors (Lipinski definition) is 0. The third-order valence-corrected chi connectivity index (χ3v) is 9.68. The summed E-state index contributed by atoms with van der Waals surface area (Å²) in [4.78, 5) is 24.4. The van der Waals surface area contributed by atoms with E-state index in [1.54, 1.807) is 6.92 Å². The molecule has 0 aliphatic heterocycles. The Hall–Kier alpha value is -1.12. The minimum absolute atomic E-state index is 0.0625. The normalized spacial score (nSPS) is 49.0. The first-order valence-corrected chi connectivity index (χ1v) is 11.0. The molecule has 4 aliphatic carbocycles. The van der Waals surface area contributed by atoms with Crippen LogP contribution in [0.2, 0.25) is 0 Å². The molecule has 0 heterocycles. The molecule has 4 saturated carbocycles. The second-order valence-corrected chi connectivity index (χ2v) is 10.8. The molecule has 0 saturated heterocycles. The second kappa shape index (κ2) is 6.19. The molecular formula is C24H36O3. The maximum atomic E-state index is 12.3. The second-order valence-electron chi connectivity index (χ2n) is 10.8.